The Morgan fingerprint density at radius 2 is 0.562 bits per heavy atom. The van der Waals surface area contributed by atoms with Gasteiger partial charge in [0.15, 0.2) is 6.10 Å². The molecule has 0 aromatic carbocycles. The fourth-order valence-corrected chi connectivity index (χ4v) is 8.50. The Morgan fingerprint density at radius 3 is 0.890 bits per heavy atom. The maximum absolute atomic E-state index is 12.7. The molecule has 0 aromatic rings. The van der Waals surface area contributed by atoms with E-state index in [1.165, 1.54) is 148 Å². The van der Waals surface area contributed by atoms with E-state index in [0.29, 0.717) is 19.3 Å². The zero-order valence-electron chi connectivity index (χ0n) is 47.9. The van der Waals surface area contributed by atoms with Crippen LogP contribution in [0.3, 0.4) is 0 Å². The molecule has 418 valence electrons. The molecule has 6 heteroatoms. The van der Waals surface area contributed by atoms with Gasteiger partial charge in [0.2, 0.25) is 0 Å². The lowest BCUT2D eigenvalue weighted by Crippen LogP contribution is -2.30. The fourth-order valence-electron chi connectivity index (χ4n) is 8.50. The first kappa shape index (κ1) is 69.3. The number of hydrogen-bond acceptors (Lipinski definition) is 6. The molecule has 1 unspecified atom stereocenters. The van der Waals surface area contributed by atoms with Crippen molar-refractivity contribution in [3.05, 3.63) is 97.2 Å². The van der Waals surface area contributed by atoms with Crippen LogP contribution < -0.4 is 0 Å². The van der Waals surface area contributed by atoms with Gasteiger partial charge in [-0.2, -0.15) is 0 Å². The maximum Gasteiger partial charge on any atom is 0.306 e. The Morgan fingerprint density at radius 1 is 0.288 bits per heavy atom. The van der Waals surface area contributed by atoms with Gasteiger partial charge in [0, 0.05) is 19.3 Å². The molecular weight excluding hydrogens is 901 g/mol. The number of carbonyl (C=O) groups excluding carboxylic acids is 3. The van der Waals surface area contributed by atoms with Crippen molar-refractivity contribution >= 4 is 17.9 Å². The van der Waals surface area contributed by atoms with Gasteiger partial charge in [0.1, 0.15) is 13.2 Å². The third kappa shape index (κ3) is 59.1. The van der Waals surface area contributed by atoms with E-state index in [4.69, 9.17) is 14.2 Å². The lowest BCUT2D eigenvalue weighted by atomic mass is 10.0. The SMILES string of the molecule is CC/C=C\C/C=C\C/C=C\C/C=C\C/C=C\C/C=C\CCC(=O)OC(COC(=O)CCCCCCC)COC(=O)CCCCCCCCCCCCCCCCCCCCC/C=C\C/C=C\CCCCCCC. The normalized spacial score (nSPS) is 12.8. The Bertz CT molecular complexity index is 1440. The molecule has 0 rings (SSSR count). The van der Waals surface area contributed by atoms with E-state index in [-0.39, 0.29) is 31.6 Å². The molecule has 0 amide bonds. The van der Waals surface area contributed by atoms with Crippen LogP contribution in [0.4, 0.5) is 0 Å². The summed E-state index contributed by atoms with van der Waals surface area (Å²) in [4.78, 5) is 37.8. The molecule has 1 atom stereocenters. The molecule has 6 nitrogen and oxygen atoms in total. The first-order valence-electron chi connectivity index (χ1n) is 30.7. The summed E-state index contributed by atoms with van der Waals surface area (Å²) in [6, 6.07) is 0. The van der Waals surface area contributed by atoms with Gasteiger partial charge in [-0.15, -0.1) is 0 Å². The van der Waals surface area contributed by atoms with Crippen LogP contribution in [-0.2, 0) is 28.6 Å². The Balaban J connectivity index is 4.05. The van der Waals surface area contributed by atoms with Crippen molar-refractivity contribution in [2.24, 2.45) is 0 Å². The summed E-state index contributed by atoms with van der Waals surface area (Å²) in [6.45, 7) is 6.38. The van der Waals surface area contributed by atoms with Crippen molar-refractivity contribution in [1.82, 2.24) is 0 Å². The zero-order chi connectivity index (χ0) is 52.9. The highest BCUT2D eigenvalue weighted by molar-refractivity contribution is 5.71. The molecule has 73 heavy (non-hydrogen) atoms. The number of rotatable bonds is 55. The predicted molar refractivity (Wildman–Crippen MR) is 316 cm³/mol. The summed E-state index contributed by atoms with van der Waals surface area (Å²) >= 11 is 0. The second kappa shape index (κ2) is 60.9. The van der Waals surface area contributed by atoms with Gasteiger partial charge in [-0.1, -0.05) is 279 Å². The Kier molecular flexibility index (Phi) is 57.8. The third-order valence-electron chi connectivity index (χ3n) is 13.1. The molecule has 0 bridgehead atoms. The van der Waals surface area contributed by atoms with Crippen LogP contribution in [0.25, 0.3) is 0 Å². The van der Waals surface area contributed by atoms with Gasteiger partial charge in [-0.25, -0.2) is 0 Å². The fraction of sp³-hybridized carbons (Fsp3) is 0.716. The number of hydrogen-bond donors (Lipinski definition) is 0. The van der Waals surface area contributed by atoms with Gasteiger partial charge in [-0.3, -0.25) is 14.4 Å². The first-order chi connectivity index (χ1) is 36.0. The van der Waals surface area contributed by atoms with Crippen LogP contribution in [0.1, 0.15) is 290 Å². The Labute approximate surface area is 451 Å². The average Bonchev–Trinajstić information content (AvgIpc) is 3.39. The van der Waals surface area contributed by atoms with Gasteiger partial charge < -0.3 is 14.2 Å². The smallest absolute Gasteiger partial charge is 0.306 e. The topological polar surface area (TPSA) is 78.9 Å². The van der Waals surface area contributed by atoms with E-state index >= 15 is 0 Å². The molecule has 0 spiro atoms. The predicted octanol–water partition coefficient (Wildman–Crippen LogP) is 20.9. The quantitative estimate of drug-likeness (QED) is 0.0261. The minimum atomic E-state index is -0.814. The second-order valence-electron chi connectivity index (χ2n) is 20.2. The molecule has 0 radical (unpaired) electrons. The van der Waals surface area contributed by atoms with Crippen molar-refractivity contribution < 1.29 is 28.6 Å². The van der Waals surface area contributed by atoms with Crippen LogP contribution in [-0.4, -0.2) is 37.2 Å². The van der Waals surface area contributed by atoms with Gasteiger partial charge in [0.05, 0.1) is 0 Å². The molecule has 0 aliphatic heterocycles. The Hall–Kier alpha value is -3.67. The number of ether oxygens (including phenoxy) is 3. The van der Waals surface area contributed by atoms with Crippen LogP contribution in [0.2, 0.25) is 0 Å². The highest BCUT2D eigenvalue weighted by atomic mass is 16.6. The average molecular weight is 1020 g/mol. The summed E-state index contributed by atoms with van der Waals surface area (Å²) in [5.41, 5.74) is 0. The highest BCUT2D eigenvalue weighted by Gasteiger charge is 2.19. The summed E-state index contributed by atoms with van der Waals surface area (Å²) in [5.74, 6) is -1.00. The summed E-state index contributed by atoms with van der Waals surface area (Å²) in [7, 11) is 0. The minimum Gasteiger partial charge on any atom is -0.462 e. The number of esters is 3. The molecule has 0 saturated carbocycles. The largest absolute Gasteiger partial charge is 0.462 e. The molecule has 0 aliphatic rings. The van der Waals surface area contributed by atoms with Gasteiger partial charge in [0.25, 0.3) is 0 Å². The maximum atomic E-state index is 12.7. The monoisotopic (exact) mass is 1010 g/mol. The molecular formula is C67H114O6. The lowest BCUT2D eigenvalue weighted by Gasteiger charge is -2.18. The number of allylic oxidation sites excluding steroid dienone is 16. The van der Waals surface area contributed by atoms with Crippen molar-refractivity contribution in [3.8, 4) is 0 Å². The van der Waals surface area contributed by atoms with E-state index in [2.05, 4.69) is 106 Å². The van der Waals surface area contributed by atoms with E-state index in [0.717, 1.165) is 96.3 Å². The first-order valence-corrected chi connectivity index (χ1v) is 30.7. The summed E-state index contributed by atoms with van der Waals surface area (Å²) < 4.78 is 16.7. The van der Waals surface area contributed by atoms with Crippen LogP contribution in [0, 0.1) is 0 Å². The molecule has 0 saturated heterocycles. The van der Waals surface area contributed by atoms with Crippen molar-refractivity contribution in [3.63, 3.8) is 0 Å². The minimum absolute atomic E-state index is 0.106. The number of carbonyl (C=O) groups is 3. The van der Waals surface area contributed by atoms with E-state index < -0.39 is 12.1 Å². The molecule has 0 fully saturated rings. The van der Waals surface area contributed by atoms with Crippen LogP contribution in [0.5, 0.6) is 0 Å². The van der Waals surface area contributed by atoms with Gasteiger partial charge in [-0.05, 0) is 89.9 Å². The summed E-state index contributed by atoms with van der Waals surface area (Å²) in [5, 5.41) is 0. The third-order valence-corrected chi connectivity index (χ3v) is 13.1. The van der Waals surface area contributed by atoms with E-state index in [9.17, 15) is 14.4 Å². The van der Waals surface area contributed by atoms with Gasteiger partial charge >= 0.3 is 17.9 Å². The van der Waals surface area contributed by atoms with Crippen LogP contribution >= 0.6 is 0 Å². The molecule has 0 aliphatic carbocycles. The molecule has 0 heterocycles. The zero-order valence-corrected chi connectivity index (χ0v) is 47.9. The number of unbranched alkanes of at least 4 members (excludes halogenated alkanes) is 28. The van der Waals surface area contributed by atoms with Crippen LogP contribution in [0.15, 0.2) is 97.2 Å². The van der Waals surface area contributed by atoms with E-state index in [1.54, 1.807) is 0 Å². The van der Waals surface area contributed by atoms with Crippen molar-refractivity contribution in [2.45, 2.75) is 297 Å². The van der Waals surface area contributed by atoms with Crippen molar-refractivity contribution in [2.75, 3.05) is 13.2 Å². The van der Waals surface area contributed by atoms with E-state index in [1.807, 2.05) is 12.2 Å². The lowest BCUT2D eigenvalue weighted by molar-refractivity contribution is -0.166. The molecule has 0 N–H and O–H groups in total. The van der Waals surface area contributed by atoms with Crippen molar-refractivity contribution in [1.29, 1.82) is 0 Å². The summed E-state index contributed by atoms with van der Waals surface area (Å²) in [6.07, 6.45) is 82.0. The molecule has 0 aromatic heterocycles. The second-order valence-corrected chi connectivity index (χ2v) is 20.2. The standard InChI is InChI=1S/C67H114O6/c1-4-7-10-13-15-17-19-21-23-25-27-28-29-30-31-32-33-34-35-36-37-38-40-41-43-45-47-49-51-54-57-60-66(69)72-63-64(62-71-65(68)59-56-53-12-9-6-3)73-67(70)61-58-55-52-50-48-46-44-42-39-26-24-22-20-18-16-14-11-8-5-2/h8,11,16,18-19,21-22,24-25,27,39,42,46,48,52,55,64H,4-7,9-10,12-15,17,20,23,26,28-38,40-41,43-45,47,49-51,53-54,56-63H2,1-3H3/b11-8-,18-16-,21-19-,24-22-,27-25-,42-39-,48-46-,55-52-. The highest BCUT2D eigenvalue weighted by Crippen LogP contribution is 2.16.